The van der Waals surface area contributed by atoms with Gasteiger partial charge >= 0.3 is 0 Å². The monoisotopic (exact) mass is 1340 g/mol. The second-order valence-electron chi connectivity index (χ2n) is 27.6. The molecule has 0 aliphatic carbocycles. The summed E-state index contributed by atoms with van der Waals surface area (Å²) in [5.41, 5.74) is 17.5. The van der Waals surface area contributed by atoms with E-state index in [0.717, 1.165) is 99.9 Å². The summed E-state index contributed by atoms with van der Waals surface area (Å²) >= 11 is 0. The SMILES string of the molecule is [2H]c1c([2H])c([2H])c(-c2cccc(-c3cc(C(C)(C)C)cc(C(C)(C)C)c3)c2N2[CH-]N(c3[c-]c(Oc4[c-]c5c(cc4)c4c6oc7ccccc7c6ccc4n5-c4cc(C(C)(C)C)ccn4)cc(-c4c(C(C)C)cc(C(C)C)cc4C(C)C)c3)c3ccccc32)c([2H])c1[2H].[Pt]. The van der Waals surface area contributed by atoms with E-state index in [1.807, 2.05) is 54.7 Å². The van der Waals surface area contributed by atoms with Gasteiger partial charge in [-0.2, -0.15) is 6.07 Å². The standard InChI is InChI=1S/C81H79N4O2.Pt/c1-49(2)53-42-67(50(3)4)75(68(43-53)51(5)6)55-40-59(83-48-84(70-30-21-20-29-69(70)83)77-62(52-24-17-16-18-25-52)27-23-28-63(77)54-38-57(80(10,11)12)44-58(39-54)81(13,14)15)46-61(41-55)86-60-32-33-66-72(47-60)85(74-45-56(36-37-82-74)79(7,8)9)71-35-34-65-64-26-19-22-31-73(64)87-78(65)76(66)71;/h16-45,48-51H,1-15H3;/q-3;/i16D,17D,18D,24D,25D;. The Morgan fingerprint density at radius 3 is 1.82 bits per heavy atom. The first-order chi connectivity index (χ1) is 43.6. The first kappa shape index (κ1) is 54.0. The molecule has 12 aromatic rings. The molecule has 0 saturated carbocycles. The van der Waals surface area contributed by atoms with Gasteiger partial charge in [-0.05, 0) is 132 Å². The maximum Gasteiger partial charge on any atom is 0.135 e. The maximum atomic E-state index is 9.49. The van der Waals surface area contributed by atoms with Gasteiger partial charge in [0.05, 0.1) is 6.85 Å². The van der Waals surface area contributed by atoms with Gasteiger partial charge < -0.3 is 23.5 Å². The Morgan fingerprint density at radius 2 is 1.17 bits per heavy atom. The summed E-state index contributed by atoms with van der Waals surface area (Å²) in [6.07, 6.45) is 1.89. The van der Waals surface area contributed by atoms with Crippen LogP contribution in [-0.4, -0.2) is 9.55 Å². The first-order valence-corrected chi connectivity index (χ1v) is 30.7. The Morgan fingerprint density at radius 1 is 0.545 bits per heavy atom. The number of furan rings is 1. The van der Waals surface area contributed by atoms with Crippen LogP contribution in [-0.2, 0) is 37.3 Å². The maximum absolute atomic E-state index is 9.49. The van der Waals surface area contributed by atoms with E-state index in [1.165, 1.54) is 16.7 Å². The van der Waals surface area contributed by atoms with Crippen molar-refractivity contribution >= 4 is 66.5 Å². The average molecular weight is 1340 g/mol. The van der Waals surface area contributed by atoms with Crippen molar-refractivity contribution in [2.75, 3.05) is 9.80 Å². The zero-order chi connectivity index (χ0) is 65.4. The van der Waals surface area contributed by atoms with Crippen molar-refractivity contribution in [1.82, 2.24) is 9.55 Å². The van der Waals surface area contributed by atoms with Gasteiger partial charge in [0, 0.05) is 83.2 Å². The predicted octanol–water partition coefficient (Wildman–Crippen LogP) is 23.1. The van der Waals surface area contributed by atoms with Crippen molar-refractivity contribution in [3.8, 4) is 50.7 Å². The summed E-state index contributed by atoms with van der Waals surface area (Å²) in [7, 11) is 0. The van der Waals surface area contributed by atoms with E-state index in [9.17, 15) is 2.74 Å². The number of benzene rings is 9. The Labute approximate surface area is 542 Å². The van der Waals surface area contributed by atoms with E-state index in [1.54, 1.807) is 0 Å². The van der Waals surface area contributed by atoms with E-state index < -0.39 is 18.1 Å². The molecule has 6 nitrogen and oxygen atoms in total. The Hall–Kier alpha value is -8.18. The van der Waals surface area contributed by atoms with Crippen LogP contribution in [0.5, 0.6) is 11.5 Å². The second-order valence-corrected chi connectivity index (χ2v) is 27.6. The van der Waals surface area contributed by atoms with Crippen LogP contribution in [0.25, 0.3) is 82.9 Å². The second kappa shape index (κ2) is 22.8. The normalized spacial score (nSPS) is 13.9. The zero-order valence-corrected chi connectivity index (χ0v) is 55.4. The van der Waals surface area contributed by atoms with Crippen LogP contribution in [0, 0.1) is 18.8 Å². The molecule has 0 fully saturated rings. The molecule has 88 heavy (non-hydrogen) atoms. The van der Waals surface area contributed by atoms with Gasteiger partial charge in [-0.15, -0.1) is 48.3 Å². The third-order valence-electron chi connectivity index (χ3n) is 17.4. The quantitative estimate of drug-likeness (QED) is 0.121. The number of hydrogen-bond donors (Lipinski definition) is 0. The molecule has 3 aromatic heterocycles. The summed E-state index contributed by atoms with van der Waals surface area (Å²) in [4.78, 5) is 9.31. The molecule has 1 aliphatic rings. The van der Waals surface area contributed by atoms with Crippen molar-refractivity contribution < 1.29 is 37.1 Å². The van der Waals surface area contributed by atoms with Crippen molar-refractivity contribution in [3.05, 3.63) is 234 Å². The molecule has 0 atom stereocenters. The molecular weight excluding hydrogens is 1260 g/mol. The average Bonchev–Trinajstić information content (AvgIpc) is 1.62. The minimum Gasteiger partial charge on any atom is -0.509 e. The van der Waals surface area contributed by atoms with Crippen LogP contribution in [0.3, 0.4) is 0 Å². The van der Waals surface area contributed by atoms with Crippen LogP contribution < -0.4 is 14.5 Å². The van der Waals surface area contributed by atoms with Crippen molar-refractivity contribution in [2.24, 2.45) is 0 Å². The fourth-order valence-corrected chi connectivity index (χ4v) is 12.5. The number of anilines is 4. The third kappa shape index (κ3) is 10.8. The number of aromatic nitrogens is 2. The number of nitrogens with zero attached hydrogens (tertiary/aromatic N) is 4. The van der Waals surface area contributed by atoms with Crippen LogP contribution in [0.4, 0.5) is 22.7 Å². The van der Waals surface area contributed by atoms with Crippen molar-refractivity contribution in [1.29, 1.82) is 0 Å². The van der Waals surface area contributed by atoms with Gasteiger partial charge in [-0.25, -0.2) is 4.98 Å². The fraction of sp³-hybridized carbons (Fsp3) is 0.259. The van der Waals surface area contributed by atoms with Gasteiger partial charge in [0.25, 0.3) is 0 Å². The van der Waals surface area contributed by atoms with Crippen molar-refractivity contribution in [3.63, 3.8) is 0 Å². The van der Waals surface area contributed by atoms with Crippen LogP contribution in [0.2, 0.25) is 0 Å². The molecular formula is C81H79N4O2Pt-3. The third-order valence-corrected chi connectivity index (χ3v) is 17.4. The molecule has 7 heteroatoms. The molecule has 13 rings (SSSR count). The number of para-hydroxylation sites is 4. The zero-order valence-electron chi connectivity index (χ0n) is 58.2. The smallest absolute Gasteiger partial charge is 0.135 e. The molecule has 1 aliphatic heterocycles. The minimum atomic E-state index is -0.446. The Bertz CT molecular complexity index is 4870. The van der Waals surface area contributed by atoms with Crippen LogP contribution in [0.1, 0.15) is 162 Å². The van der Waals surface area contributed by atoms with E-state index in [2.05, 4.69) is 234 Å². The summed E-state index contributed by atoms with van der Waals surface area (Å²) in [5.74, 6) is 2.35. The summed E-state index contributed by atoms with van der Waals surface area (Å²) < 4.78 is 61.8. The molecule has 0 amide bonds. The van der Waals surface area contributed by atoms with Crippen LogP contribution in [0.15, 0.2) is 186 Å². The molecule has 0 N–H and O–H groups in total. The Kier molecular flexibility index (Phi) is 14.0. The predicted molar refractivity (Wildman–Crippen MR) is 366 cm³/mol. The molecule has 4 heterocycles. The molecule has 9 aromatic carbocycles. The first-order valence-electron chi connectivity index (χ1n) is 33.2. The van der Waals surface area contributed by atoms with Gasteiger partial charge in [-0.3, -0.25) is 0 Å². The van der Waals surface area contributed by atoms with E-state index in [4.69, 9.17) is 18.3 Å². The van der Waals surface area contributed by atoms with Gasteiger partial charge in [0.1, 0.15) is 17.0 Å². The number of ether oxygens (including phenoxy) is 1. The molecule has 0 spiro atoms. The molecule has 0 saturated heterocycles. The van der Waals surface area contributed by atoms with Gasteiger partial charge in [-0.1, -0.05) is 224 Å². The number of fused-ring (bicyclic) bond motifs is 8. The molecule has 0 bridgehead atoms. The fourth-order valence-electron chi connectivity index (χ4n) is 12.5. The van der Waals surface area contributed by atoms with E-state index in [-0.39, 0.29) is 66.8 Å². The van der Waals surface area contributed by atoms with Gasteiger partial charge in [0.2, 0.25) is 0 Å². The topological polar surface area (TPSA) is 46.7 Å². The van der Waals surface area contributed by atoms with E-state index >= 15 is 0 Å². The number of rotatable bonds is 11. The molecule has 0 radical (unpaired) electrons. The summed E-state index contributed by atoms with van der Waals surface area (Å²) in [6, 6.07) is 56.6. The summed E-state index contributed by atoms with van der Waals surface area (Å²) in [5, 5.41) is 3.98. The molecule has 0 unspecified atom stereocenters. The van der Waals surface area contributed by atoms with Crippen LogP contribution >= 0.6 is 0 Å². The number of hydrogen-bond acceptors (Lipinski definition) is 5. The van der Waals surface area contributed by atoms with E-state index in [0.29, 0.717) is 34.4 Å². The number of pyridine rings is 1. The largest absolute Gasteiger partial charge is 0.509 e. The van der Waals surface area contributed by atoms with Crippen molar-refractivity contribution in [2.45, 2.75) is 138 Å². The Balaban J connectivity index is 0.00000832. The van der Waals surface area contributed by atoms with Gasteiger partial charge in [0.15, 0.2) is 0 Å². The summed E-state index contributed by atoms with van der Waals surface area (Å²) in [6.45, 7) is 35.6. The minimum absolute atomic E-state index is 0. The molecule has 448 valence electrons.